The van der Waals surface area contributed by atoms with Crippen molar-refractivity contribution in [3.05, 3.63) is 23.0 Å². The summed E-state index contributed by atoms with van der Waals surface area (Å²) in [5.41, 5.74) is 1.95. The lowest BCUT2D eigenvalue weighted by Gasteiger charge is -2.15. The van der Waals surface area contributed by atoms with E-state index < -0.39 is 0 Å². The maximum absolute atomic E-state index is 5.84. The predicted molar refractivity (Wildman–Crippen MR) is 63.6 cm³/mol. The van der Waals surface area contributed by atoms with Gasteiger partial charge < -0.3 is 10.1 Å². The van der Waals surface area contributed by atoms with Gasteiger partial charge in [0.2, 0.25) is 0 Å². The summed E-state index contributed by atoms with van der Waals surface area (Å²) in [7, 11) is 0. The number of hydrogen-bond acceptors (Lipinski definition) is 3. The maximum Gasteiger partial charge on any atom is 0.132 e. The molecule has 0 aliphatic heterocycles. The fraction of sp³-hybridized carbons (Fsp3) is 0.545. The minimum Gasteiger partial charge on any atom is -0.380 e. The van der Waals surface area contributed by atoms with Crippen LogP contribution >= 0.6 is 11.6 Å². The first-order valence-corrected chi connectivity index (χ1v) is 5.47. The largest absolute Gasteiger partial charge is 0.380 e. The smallest absolute Gasteiger partial charge is 0.132 e. The molecule has 0 amide bonds. The molecule has 0 spiro atoms. The molecule has 84 valence electrons. The molecule has 1 heterocycles. The molecule has 15 heavy (non-hydrogen) atoms. The molecule has 1 atom stereocenters. The van der Waals surface area contributed by atoms with Crippen molar-refractivity contribution in [1.82, 2.24) is 4.98 Å². The standard InChI is InChI=1S/C11H17ClN2O/c1-4-15-7-9(3)14-10-5-8(2)11(12)13-6-10/h5-6,9,14H,4,7H2,1-3H3. The number of rotatable bonds is 5. The third-order valence-electron chi connectivity index (χ3n) is 2.00. The summed E-state index contributed by atoms with van der Waals surface area (Å²) < 4.78 is 5.31. The number of hydrogen-bond donors (Lipinski definition) is 1. The lowest BCUT2D eigenvalue weighted by atomic mass is 10.2. The van der Waals surface area contributed by atoms with Crippen LogP contribution in [0, 0.1) is 6.92 Å². The van der Waals surface area contributed by atoms with E-state index >= 15 is 0 Å². The van der Waals surface area contributed by atoms with E-state index in [2.05, 4.69) is 17.2 Å². The summed E-state index contributed by atoms with van der Waals surface area (Å²) in [5, 5.41) is 3.85. The molecule has 0 bridgehead atoms. The van der Waals surface area contributed by atoms with Crippen LogP contribution in [-0.4, -0.2) is 24.2 Å². The second-order valence-corrected chi connectivity index (χ2v) is 3.89. The highest BCUT2D eigenvalue weighted by molar-refractivity contribution is 6.30. The number of halogens is 1. The van der Waals surface area contributed by atoms with Crippen LogP contribution < -0.4 is 5.32 Å². The number of aryl methyl sites for hydroxylation is 1. The van der Waals surface area contributed by atoms with Crippen molar-refractivity contribution in [2.75, 3.05) is 18.5 Å². The lowest BCUT2D eigenvalue weighted by molar-refractivity contribution is 0.141. The third kappa shape index (κ3) is 4.06. The second kappa shape index (κ2) is 5.93. The molecule has 4 heteroatoms. The van der Waals surface area contributed by atoms with Crippen LogP contribution in [0.2, 0.25) is 5.15 Å². The zero-order valence-corrected chi connectivity index (χ0v) is 10.1. The molecule has 0 aromatic carbocycles. The van der Waals surface area contributed by atoms with E-state index in [1.54, 1.807) is 6.20 Å². The molecule has 1 N–H and O–H groups in total. The van der Waals surface area contributed by atoms with Crippen molar-refractivity contribution in [2.45, 2.75) is 26.8 Å². The average Bonchev–Trinajstić information content (AvgIpc) is 2.20. The van der Waals surface area contributed by atoms with Gasteiger partial charge in [-0.25, -0.2) is 4.98 Å². The van der Waals surface area contributed by atoms with Gasteiger partial charge in [-0.15, -0.1) is 0 Å². The Kier molecular flexibility index (Phi) is 4.85. The fourth-order valence-corrected chi connectivity index (χ4v) is 1.36. The van der Waals surface area contributed by atoms with Gasteiger partial charge in [0.05, 0.1) is 18.5 Å². The number of ether oxygens (including phenoxy) is 1. The van der Waals surface area contributed by atoms with Crippen molar-refractivity contribution in [3.8, 4) is 0 Å². The van der Waals surface area contributed by atoms with Gasteiger partial charge in [-0.3, -0.25) is 0 Å². The highest BCUT2D eigenvalue weighted by Gasteiger charge is 2.03. The Hall–Kier alpha value is -0.800. The number of pyridine rings is 1. The van der Waals surface area contributed by atoms with Gasteiger partial charge in [0.15, 0.2) is 0 Å². The number of nitrogens with one attached hydrogen (secondary N) is 1. The molecular weight excluding hydrogens is 212 g/mol. The summed E-state index contributed by atoms with van der Waals surface area (Å²) in [6.07, 6.45) is 1.73. The molecule has 0 aliphatic carbocycles. The summed E-state index contributed by atoms with van der Waals surface area (Å²) in [6.45, 7) is 7.43. The highest BCUT2D eigenvalue weighted by Crippen LogP contribution is 2.16. The van der Waals surface area contributed by atoms with Gasteiger partial charge in [0, 0.05) is 12.6 Å². The Morgan fingerprint density at radius 3 is 2.93 bits per heavy atom. The van der Waals surface area contributed by atoms with Crippen molar-refractivity contribution in [2.24, 2.45) is 0 Å². The summed E-state index contributed by atoms with van der Waals surface area (Å²) in [6, 6.07) is 2.25. The molecule has 1 aromatic heterocycles. The van der Waals surface area contributed by atoms with Crippen molar-refractivity contribution in [3.63, 3.8) is 0 Å². The molecule has 0 aliphatic rings. The quantitative estimate of drug-likeness (QED) is 0.787. The van der Waals surface area contributed by atoms with Gasteiger partial charge in [0.1, 0.15) is 5.15 Å². The van der Waals surface area contributed by atoms with Crippen LogP contribution in [0.5, 0.6) is 0 Å². The van der Waals surface area contributed by atoms with Crippen LogP contribution in [0.25, 0.3) is 0 Å². The molecule has 0 saturated heterocycles. The van der Waals surface area contributed by atoms with Gasteiger partial charge in [-0.2, -0.15) is 0 Å². The highest BCUT2D eigenvalue weighted by atomic mass is 35.5. The van der Waals surface area contributed by atoms with Crippen LogP contribution in [0.1, 0.15) is 19.4 Å². The minimum atomic E-state index is 0.271. The van der Waals surface area contributed by atoms with E-state index in [0.29, 0.717) is 11.8 Å². The normalized spacial score (nSPS) is 12.5. The first kappa shape index (κ1) is 12.3. The number of aromatic nitrogens is 1. The zero-order chi connectivity index (χ0) is 11.3. The summed E-state index contributed by atoms with van der Waals surface area (Å²) in [5.74, 6) is 0. The first-order valence-electron chi connectivity index (χ1n) is 5.10. The summed E-state index contributed by atoms with van der Waals surface area (Å²) >= 11 is 5.84. The Balaban J connectivity index is 2.53. The Morgan fingerprint density at radius 2 is 2.33 bits per heavy atom. The van der Waals surface area contributed by atoms with Crippen molar-refractivity contribution in [1.29, 1.82) is 0 Å². The molecule has 0 radical (unpaired) electrons. The zero-order valence-electron chi connectivity index (χ0n) is 9.38. The first-order chi connectivity index (χ1) is 7.13. The summed E-state index contributed by atoms with van der Waals surface area (Å²) in [4.78, 5) is 4.07. The monoisotopic (exact) mass is 228 g/mol. The fourth-order valence-electron chi connectivity index (χ4n) is 1.26. The van der Waals surface area contributed by atoms with E-state index in [9.17, 15) is 0 Å². The van der Waals surface area contributed by atoms with Crippen LogP contribution in [0.3, 0.4) is 0 Å². The predicted octanol–water partition coefficient (Wildman–Crippen LogP) is 2.88. The minimum absolute atomic E-state index is 0.271. The Labute approximate surface area is 95.8 Å². The van der Waals surface area contributed by atoms with Gasteiger partial charge >= 0.3 is 0 Å². The number of anilines is 1. The van der Waals surface area contributed by atoms with Crippen LogP contribution in [0.15, 0.2) is 12.3 Å². The van der Waals surface area contributed by atoms with Gasteiger partial charge in [0.25, 0.3) is 0 Å². The van der Waals surface area contributed by atoms with E-state index in [1.165, 1.54) is 0 Å². The Morgan fingerprint density at radius 1 is 1.60 bits per heavy atom. The van der Waals surface area contributed by atoms with Gasteiger partial charge in [-0.1, -0.05) is 11.6 Å². The second-order valence-electron chi connectivity index (χ2n) is 3.54. The molecule has 3 nitrogen and oxygen atoms in total. The van der Waals surface area contributed by atoms with Crippen LogP contribution in [0.4, 0.5) is 5.69 Å². The SMILES string of the molecule is CCOCC(C)Nc1cnc(Cl)c(C)c1. The van der Waals surface area contributed by atoms with E-state index in [4.69, 9.17) is 16.3 Å². The molecule has 1 unspecified atom stereocenters. The average molecular weight is 229 g/mol. The Bertz CT molecular complexity index is 317. The molecular formula is C11H17ClN2O. The van der Waals surface area contributed by atoms with E-state index in [-0.39, 0.29) is 6.04 Å². The van der Waals surface area contributed by atoms with Crippen molar-refractivity contribution >= 4 is 17.3 Å². The molecule has 1 rings (SSSR count). The van der Waals surface area contributed by atoms with Crippen LogP contribution in [-0.2, 0) is 4.74 Å². The topological polar surface area (TPSA) is 34.1 Å². The third-order valence-corrected chi connectivity index (χ3v) is 2.40. The van der Waals surface area contributed by atoms with E-state index in [0.717, 1.165) is 17.9 Å². The van der Waals surface area contributed by atoms with E-state index in [1.807, 2.05) is 19.9 Å². The maximum atomic E-state index is 5.84. The molecule has 0 saturated carbocycles. The molecule has 0 fully saturated rings. The van der Waals surface area contributed by atoms with Gasteiger partial charge in [-0.05, 0) is 32.4 Å². The van der Waals surface area contributed by atoms with Crippen molar-refractivity contribution < 1.29 is 4.74 Å². The number of nitrogens with zero attached hydrogens (tertiary/aromatic N) is 1. The lowest BCUT2D eigenvalue weighted by Crippen LogP contribution is -2.21. The molecule has 1 aromatic rings.